The molecule has 0 bridgehead atoms. The molecule has 1 aliphatic rings. The van der Waals surface area contributed by atoms with Crippen molar-refractivity contribution < 1.29 is 4.79 Å². The highest BCUT2D eigenvalue weighted by molar-refractivity contribution is 5.94. The molecule has 5 rings (SSSR count). The van der Waals surface area contributed by atoms with E-state index in [1.54, 1.807) is 12.4 Å². The number of piperidine rings is 1. The van der Waals surface area contributed by atoms with Gasteiger partial charge in [0.05, 0.1) is 11.3 Å². The first-order chi connectivity index (χ1) is 17.1. The summed E-state index contributed by atoms with van der Waals surface area (Å²) in [6.07, 6.45) is 11.4. The van der Waals surface area contributed by atoms with Gasteiger partial charge < -0.3 is 15.2 Å². The fraction of sp³-hybridized carbons (Fsp3) is 0.207. The fourth-order valence-electron chi connectivity index (χ4n) is 4.68. The number of nitrogens with zero attached hydrogens (tertiary/aromatic N) is 3. The Labute approximate surface area is 204 Å². The summed E-state index contributed by atoms with van der Waals surface area (Å²) < 4.78 is 0. The van der Waals surface area contributed by atoms with Crippen molar-refractivity contribution in [2.45, 2.75) is 19.8 Å². The number of nitrogens with one attached hydrogen (secondary N) is 2. The molecule has 0 unspecified atom stereocenters. The molecular formula is C29H27N5O. The number of carbonyl (C=O) groups excluding carboxylic acids is 1. The van der Waals surface area contributed by atoms with Crippen molar-refractivity contribution >= 4 is 34.3 Å². The fourth-order valence-corrected chi connectivity index (χ4v) is 4.68. The molecular weight excluding hydrogens is 434 g/mol. The van der Waals surface area contributed by atoms with Gasteiger partial charge in [-0.2, -0.15) is 5.26 Å². The number of benzene rings is 2. The second kappa shape index (κ2) is 9.86. The summed E-state index contributed by atoms with van der Waals surface area (Å²) in [6.45, 7) is 3.55. The standard InChI is InChI=1S/C29H27N5O/c1-20-25-11-14-32-27(25)10-9-26(20)33-28-23(18-31-19-24(28)17-30)8-7-21-12-15-34(16-13-21)29(35)22-5-3-2-4-6-22/h2-11,14,18-19,21,32H,12-13,15-16H2,1H3,(H,31,33)/b8-7+. The highest BCUT2D eigenvalue weighted by Gasteiger charge is 2.22. The predicted octanol–water partition coefficient (Wildman–Crippen LogP) is 6.05. The topological polar surface area (TPSA) is 84.8 Å². The monoisotopic (exact) mass is 461 g/mol. The van der Waals surface area contributed by atoms with Gasteiger partial charge in [-0.1, -0.05) is 30.4 Å². The zero-order valence-electron chi connectivity index (χ0n) is 19.7. The number of hydrogen-bond donors (Lipinski definition) is 2. The molecule has 4 aromatic rings. The first kappa shape index (κ1) is 22.4. The van der Waals surface area contributed by atoms with Gasteiger partial charge in [-0.05, 0) is 61.6 Å². The molecule has 0 saturated carbocycles. The van der Waals surface area contributed by atoms with Gasteiger partial charge in [0, 0.05) is 59.4 Å². The van der Waals surface area contributed by atoms with Crippen LogP contribution in [0.1, 0.15) is 39.9 Å². The van der Waals surface area contributed by atoms with Crippen LogP contribution in [0.2, 0.25) is 0 Å². The predicted molar refractivity (Wildman–Crippen MR) is 139 cm³/mol. The number of aromatic amines is 1. The number of likely N-dealkylation sites (tertiary alicyclic amines) is 1. The highest BCUT2D eigenvalue weighted by Crippen LogP contribution is 2.31. The number of aromatic nitrogens is 2. The van der Waals surface area contributed by atoms with E-state index in [0.29, 0.717) is 11.5 Å². The lowest BCUT2D eigenvalue weighted by Gasteiger charge is -2.30. The van der Waals surface area contributed by atoms with Crippen LogP contribution in [-0.4, -0.2) is 33.9 Å². The van der Waals surface area contributed by atoms with E-state index in [0.717, 1.165) is 64.9 Å². The molecule has 1 aliphatic heterocycles. The van der Waals surface area contributed by atoms with E-state index in [4.69, 9.17) is 0 Å². The maximum atomic E-state index is 12.7. The highest BCUT2D eigenvalue weighted by atomic mass is 16.2. The van der Waals surface area contributed by atoms with E-state index in [-0.39, 0.29) is 5.91 Å². The third kappa shape index (κ3) is 4.67. The summed E-state index contributed by atoms with van der Waals surface area (Å²) in [5.41, 5.74) is 6.04. The van der Waals surface area contributed by atoms with Crippen molar-refractivity contribution in [2.24, 2.45) is 5.92 Å². The normalized spacial score (nSPS) is 14.3. The van der Waals surface area contributed by atoms with E-state index >= 15 is 0 Å². The number of amides is 1. The summed E-state index contributed by atoms with van der Waals surface area (Å²) >= 11 is 0. The first-order valence-corrected chi connectivity index (χ1v) is 11.9. The van der Waals surface area contributed by atoms with Crippen LogP contribution < -0.4 is 5.32 Å². The lowest BCUT2D eigenvalue weighted by atomic mass is 9.95. The number of anilines is 2. The van der Waals surface area contributed by atoms with Crippen molar-refractivity contribution in [2.75, 3.05) is 18.4 Å². The number of fused-ring (bicyclic) bond motifs is 1. The Balaban J connectivity index is 1.32. The first-order valence-electron chi connectivity index (χ1n) is 11.9. The molecule has 35 heavy (non-hydrogen) atoms. The minimum atomic E-state index is 0.0974. The Morgan fingerprint density at radius 3 is 2.71 bits per heavy atom. The number of nitriles is 1. The van der Waals surface area contributed by atoms with Gasteiger partial charge in [-0.15, -0.1) is 0 Å². The van der Waals surface area contributed by atoms with Crippen LogP contribution in [0.15, 0.2) is 73.2 Å². The molecule has 0 atom stereocenters. The van der Waals surface area contributed by atoms with Crippen LogP contribution in [0.4, 0.5) is 11.4 Å². The SMILES string of the molecule is Cc1c(Nc2c(C#N)cncc2/C=C/C2CCN(C(=O)c3ccccc3)CC2)ccc2[nH]ccc12. The number of aryl methyl sites for hydroxylation is 1. The molecule has 0 spiro atoms. The number of allylic oxidation sites excluding steroid dienone is 1. The molecule has 174 valence electrons. The zero-order valence-corrected chi connectivity index (χ0v) is 19.7. The van der Waals surface area contributed by atoms with Crippen LogP contribution in [0.3, 0.4) is 0 Å². The Morgan fingerprint density at radius 1 is 1.14 bits per heavy atom. The van der Waals surface area contributed by atoms with Crippen molar-refractivity contribution in [3.63, 3.8) is 0 Å². The molecule has 0 radical (unpaired) electrons. The van der Waals surface area contributed by atoms with Crippen LogP contribution in [0.25, 0.3) is 17.0 Å². The molecule has 1 amide bonds. The quantitative estimate of drug-likeness (QED) is 0.379. The molecule has 6 nitrogen and oxygen atoms in total. The average molecular weight is 462 g/mol. The number of H-pyrrole nitrogens is 1. The molecule has 2 aromatic carbocycles. The Bertz CT molecular complexity index is 1420. The van der Waals surface area contributed by atoms with Crippen molar-refractivity contribution in [3.05, 3.63) is 95.5 Å². The molecule has 1 saturated heterocycles. The second-order valence-corrected chi connectivity index (χ2v) is 8.92. The number of pyridine rings is 1. The van der Waals surface area contributed by atoms with Crippen molar-refractivity contribution in [1.29, 1.82) is 5.26 Å². The minimum Gasteiger partial charge on any atom is -0.361 e. The van der Waals surface area contributed by atoms with Crippen molar-refractivity contribution in [3.8, 4) is 6.07 Å². The van der Waals surface area contributed by atoms with E-state index in [2.05, 4.69) is 46.5 Å². The molecule has 2 aromatic heterocycles. The lowest BCUT2D eigenvalue weighted by Crippen LogP contribution is -2.38. The summed E-state index contributed by atoms with van der Waals surface area (Å²) in [5.74, 6) is 0.464. The minimum absolute atomic E-state index is 0.0974. The third-order valence-corrected chi connectivity index (χ3v) is 6.75. The summed E-state index contributed by atoms with van der Waals surface area (Å²) in [4.78, 5) is 22.2. The van der Waals surface area contributed by atoms with Crippen LogP contribution in [0, 0.1) is 24.2 Å². The van der Waals surface area contributed by atoms with Gasteiger partial charge in [-0.3, -0.25) is 9.78 Å². The van der Waals surface area contributed by atoms with Crippen molar-refractivity contribution in [1.82, 2.24) is 14.9 Å². The maximum Gasteiger partial charge on any atom is 0.253 e. The Morgan fingerprint density at radius 2 is 1.94 bits per heavy atom. The van der Waals surface area contributed by atoms with Gasteiger partial charge in [0.1, 0.15) is 6.07 Å². The maximum absolute atomic E-state index is 12.7. The third-order valence-electron chi connectivity index (χ3n) is 6.75. The van der Waals surface area contributed by atoms with Gasteiger partial charge in [0.25, 0.3) is 5.91 Å². The smallest absolute Gasteiger partial charge is 0.253 e. The number of hydrogen-bond acceptors (Lipinski definition) is 4. The van der Waals surface area contributed by atoms with Gasteiger partial charge in [0.15, 0.2) is 0 Å². The van der Waals surface area contributed by atoms with Gasteiger partial charge in [0.2, 0.25) is 0 Å². The Kier molecular flexibility index (Phi) is 6.32. The molecule has 2 N–H and O–H groups in total. The Hall–Kier alpha value is -4.37. The second-order valence-electron chi connectivity index (χ2n) is 8.92. The van der Waals surface area contributed by atoms with E-state index in [9.17, 15) is 10.1 Å². The van der Waals surface area contributed by atoms with Gasteiger partial charge >= 0.3 is 0 Å². The molecule has 6 heteroatoms. The van der Waals surface area contributed by atoms with Crippen LogP contribution in [-0.2, 0) is 0 Å². The van der Waals surface area contributed by atoms with Gasteiger partial charge in [-0.25, -0.2) is 0 Å². The average Bonchev–Trinajstić information content (AvgIpc) is 3.40. The van der Waals surface area contributed by atoms with Crippen LogP contribution in [0.5, 0.6) is 0 Å². The summed E-state index contributed by atoms with van der Waals surface area (Å²) in [7, 11) is 0. The lowest BCUT2D eigenvalue weighted by molar-refractivity contribution is 0.0705. The van der Waals surface area contributed by atoms with E-state index in [1.165, 1.54) is 0 Å². The largest absolute Gasteiger partial charge is 0.361 e. The van der Waals surface area contributed by atoms with E-state index < -0.39 is 0 Å². The summed E-state index contributed by atoms with van der Waals surface area (Å²) in [5, 5.41) is 14.4. The van der Waals surface area contributed by atoms with Crippen LogP contribution >= 0.6 is 0 Å². The number of carbonyl (C=O) groups is 1. The molecule has 1 fully saturated rings. The molecule has 0 aliphatic carbocycles. The zero-order chi connectivity index (χ0) is 24.2. The summed E-state index contributed by atoms with van der Waals surface area (Å²) in [6, 6.07) is 17.9. The number of rotatable bonds is 5. The molecule has 3 heterocycles. The van der Waals surface area contributed by atoms with E-state index in [1.807, 2.05) is 53.6 Å².